The van der Waals surface area contributed by atoms with Gasteiger partial charge in [0.05, 0.1) is 11.8 Å². The second-order valence-corrected chi connectivity index (χ2v) is 4.71. The maximum absolute atomic E-state index is 11.6. The number of nitrogens with one attached hydrogen (secondary N) is 1. The lowest BCUT2D eigenvalue weighted by Gasteiger charge is -2.39. The first-order valence-corrected chi connectivity index (χ1v) is 6.66. The zero-order valence-electron chi connectivity index (χ0n) is 11.3. The standard InChI is InChI=1S/C10H18ClN3O7/c1-20-9-8(17)7(16)6(15)5(21-9)4-12-10(18)14(13-19)3-2-11/h5-9,15-17H,2-4H2,1H3,(H,12,18)/t5-,6?,7?,8-,9?/m1/s1. The highest BCUT2D eigenvalue weighted by atomic mass is 35.5. The Hall–Kier alpha value is -1.04. The molecule has 1 rings (SSSR count). The van der Waals surface area contributed by atoms with Gasteiger partial charge in [0.2, 0.25) is 0 Å². The predicted octanol–water partition coefficient (Wildman–Crippen LogP) is -1.63. The van der Waals surface area contributed by atoms with Crippen LogP contribution in [0.1, 0.15) is 0 Å². The Balaban J connectivity index is 2.57. The topological polar surface area (TPSA) is 141 Å². The van der Waals surface area contributed by atoms with E-state index in [-0.39, 0.29) is 19.0 Å². The largest absolute Gasteiger partial charge is 0.388 e. The number of carbonyl (C=O) groups is 1. The summed E-state index contributed by atoms with van der Waals surface area (Å²) < 4.78 is 10.0. The summed E-state index contributed by atoms with van der Waals surface area (Å²) in [5.41, 5.74) is 0. The molecule has 0 aromatic rings. The maximum atomic E-state index is 11.6. The van der Waals surface area contributed by atoms with Crippen LogP contribution in [0.15, 0.2) is 5.29 Å². The van der Waals surface area contributed by atoms with E-state index in [0.29, 0.717) is 5.01 Å². The molecule has 3 unspecified atom stereocenters. The fraction of sp³-hybridized carbons (Fsp3) is 0.900. The number of carbonyl (C=O) groups excluding carboxylic acids is 1. The number of nitrogens with zero attached hydrogens (tertiary/aromatic N) is 2. The average Bonchev–Trinajstić information content (AvgIpc) is 2.49. The zero-order chi connectivity index (χ0) is 16.0. The number of hydrogen-bond donors (Lipinski definition) is 4. The molecular weight excluding hydrogens is 310 g/mol. The normalized spacial score (nSPS) is 32.5. The number of aliphatic hydroxyl groups excluding tert-OH is 3. The van der Waals surface area contributed by atoms with Crippen molar-refractivity contribution in [2.75, 3.05) is 26.1 Å². The Morgan fingerprint density at radius 3 is 2.57 bits per heavy atom. The van der Waals surface area contributed by atoms with Crippen molar-refractivity contribution in [2.24, 2.45) is 5.29 Å². The lowest BCUT2D eigenvalue weighted by Crippen LogP contribution is -2.60. The lowest BCUT2D eigenvalue weighted by atomic mass is 9.99. The first-order chi connectivity index (χ1) is 9.96. The van der Waals surface area contributed by atoms with E-state index in [4.69, 9.17) is 21.1 Å². The summed E-state index contributed by atoms with van der Waals surface area (Å²) in [6, 6.07) is -0.823. The molecule has 0 saturated carbocycles. The Kier molecular flexibility index (Phi) is 7.22. The number of halogens is 1. The van der Waals surface area contributed by atoms with Crippen LogP contribution in [-0.2, 0) is 9.47 Å². The highest BCUT2D eigenvalue weighted by molar-refractivity contribution is 6.18. The third-order valence-corrected chi connectivity index (χ3v) is 3.15. The Bertz CT molecular complexity index is 360. The molecule has 4 N–H and O–H groups in total. The van der Waals surface area contributed by atoms with E-state index >= 15 is 0 Å². The van der Waals surface area contributed by atoms with Crippen LogP contribution < -0.4 is 5.32 Å². The third-order valence-electron chi connectivity index (χ3n) is 2.98. The average molecular weight is 328 g/mol. The van der Waals surface area contributed by atoms with Crippen LogP contribution in [-0.4, -0.2) is 83.1 Å². The third kappa shape index (κ3) is 4.46. The Morgan fingerprint density at radius 2 is 2.05 bits per heavy atom. The van der Waals surface area contributed by atoms with Gasteiger partial charge in [-0.1, -0.05) is 0 Å². The molecule has 5 atom stereocenters. The highest BCUT2D eigenvalue weighted by Crippen LogP contribution is 2.21. The van der Waals surface area contributed by atoms with Gasteiger partial charge in [-0.3, -0.25) is 0 Å². The Labute approximate surface area is 125 Å². The van der Waals surface area contributed by atoms with Crippen molar-refractivity contribution in [3.8, 4) is 0 Å². The number of urea groups is 1. The summed E-state index contributed by atoms with van der Waals surface area (Å²) in [5, 5.41) is 34.4. The summed E-state index contributed by atoms with van der Waals surface area (Å²) in [6.45, 7) is -0.301. The molecule has 1 saturated heterocycles. The molecule has 11 heteroatoms. The van der Waals surface area contributed by atoms with Crippen LogP contribution in [0.5, 0.6) is 0 Å². The molecule has 1 fully saturated rings. The first kappa shape index (κ1) is 18.0. The summed E-state index contributed by atoms with van der Waals surface area (Å²) in [6.07, 6.45) is -6.51. The van der Waals surface area contributed by atoms with Gasteiger partial charge in [-0.15, -0.1) is 16.5 Å². The van der Waals surface area contributed by atoms with E-state index in [1.54, 1.807) is 0 Å². The fourth-order valence-corrected chi connectivity index (χ4v) is 1.98. The van der Waals surface area contributed by atoms with E-state index < -0.39 is 36.7 Å². The Morgan fingerprint density at radius 1 is 1.38 bits per heavy atom. The molecule has 1 aliphatic rings. The number of alkyl halides is 1. The minimum absolute atomic E-state index is 0.0262. The zero-order valence-corrected chi connectivity index (χ0v) is 12.0. The van der Waals surface area contributed by atoms with Crippen LogP contribution in [0, 0.1) is 4.91 Å². The number of amides is 2. The molecule has 0 aliphatic carbocycles. The van der Waals surface area contributed by atoms with Gasteiger partial charge in [-0.05, 0) is 0 Å². The summed E-state index contributed by atoms with van der Waals surface area (Å²) in [7, 11) is 1.26. The van der Waals surface area contributed by atoms with Gasteiger partial charge < -0.3 is 30.1 Å². The van der Waals surface area contributed by atoms with Crippen LogP contribution in [0.2, 0.25) is 0 Å². The summed E-state index contributed by atoms with van der Waals surface area (Å²) >= 11 is 5.40. The summed E-state index contributed by atoms with van der Waals surface area (Å²) in [4.78, 5) is 22.0. The molecule has 10 nitrogen and oxygen atoms in total. The number of hydrogen-bond acceptors (Lipinski definition) is 8. The van der Waals surface area contributed by atoms with E-state index in [2.05, 4.69) is 10.6 Å². The van der Waals surface area contributed by atoms with Gasteiger partial charge in [-0.2, -0.15) is 5.01 Å². The molecule has 21 heavy (non-hydrogen) atoms. The van der Waals surface area contributed by atoms with E-state index in [0.717, 1.165) is 0 Å². The maximum Gasteiger partial charge on any atom is 0.340 e. The molecule has 0 spiro atoms. The van der Waals surface area contributed by atoms with Gasteiger partial charge in [0.1, 0.15) is 24.4 Å². The van der Waals surface area contributed by atoms with E-state index in [9.17, 15) is 25.0 Å². The highest BCUT2D eigenvalue weighted by Gasteiger charge is 2.43. The van der Waals surface area contributed by atoms with Gasteiger partial charge in [0, 0.05) is 19.5 Å². The number of nitroso groups, excluding NO2 is 1. The molecular formula is C10H18ClN3O7. The minimum atomic E-state index is -1.49. The van der Waals surface area contributed by atoms with Crippen molar-refractivity contribution in [1.29, 1.82) is 0 Å². The number of rotatable bonds is 6. The number of aliphatic hydroxyl groups is 3. The second-order valence-electron chi connectivity index (χ2n) is 4.33. The van der Waals surface area contributed by atoms with Crippen LogP contribution in [0.3, 0.4) is 0 Å². The van der Waals surface area contributed by atoms with Crippen LogP contribution >= 0.6 is 11.6 Å². The first-order valence-electron chi connectivity index (χ1n) is 6.13. The monoisotopic (exact) mass is 327 g/mol. The molecule has 0 aromatic heterocycles. The van der Waals surface area contributed by atoms with Crippen molar-refractivity contribution in [3.05, 3.63) is 4.91 Å². The molecule has 1 aliphatic heterocycles. The molecule has 122 valence electrons. The van der Waals surface area contributed by atoms with Crippen molar-refractivity contribution in [2.45, 2.75) is 30.7 Å². The van der Waals surface area contributed by atoms with E-state index in [1.807, 2.05) is 0 Å². The lowest BCUT2D eigenvalue weighted by molar-refractivity contribution is -0.288. The van der Waals surface area contributed by atoms with Crippen molar-refractivity contribution in [3.63, 3.8) is 0 Å². The van der Waals surface area contributed by atoms with Crippen LogP contribution in [0.25, 0.3) is 0 Å². The van der Waals surface area contributed by atoms with Gasteiger partial charge >= 0.3 is 6.03 Å². The van der Waals surface area contributed by atoms with Gasteiger partial charge in [0.25, 0.3) is 0 Å². The van der Waals surface area contributed by atoms with Crippen molar-refractivity contribution < 1.29 is 29.6 Å². The fourth-order valence-electron chi connectivity index (χ4n) is 1.82. The SMILES string of the molecule is COC1O[C@H](CNC(=O)N(CCCl)N=O)C(O)C(O)[C@H]1O. The smallest absolute Gasteiger partial charge is 0.340 e. The molecule has 0 aromatic carbocycles. The molecule has 0 radical (unpaired) electrons. The van der Waals surface area contributed by atoms with Crippen molar-refractivity contribution >= 4 is 17.6 Å². The minimum Gasteiger partial charge on any atom is -0.388 e. The predicted molar refractivity (Wildman–Crippen MR) is 70.3 cm³/mol. The molecule has 2 amide bonds. The summed E-state index contributed by atoms with van der Waals surface area (Å²) in [5.74, 6) is 0.0262. The van der Waals surface area contributed by atoms with E-state index in [1.165, 1.54) is 7.11 Å². The van der Waals surface area contributed by atoms with Crippen LogP contribution in [0.4, 0.5) is 4.79 Å². The van der Waals surface area contributed by atoms with Crippen molar-refractivity contribution in [1.82, 2.24) is 10.3 Å². The second kappa shape index (κ2) is 8.41. The molecule has 0 bridgehead atoms. The molecule has 1 heterocycles. The quantitative estimate of drug-likeness (QED) is 0.261. The number of methoxy groups -OCH3 is 1. The van der Waals surface area contributed by atoms with Gasteiger partial charge in [0.15, 0.2) is 6.29 Å². The number of ether oxygens (including phenoxy) is 2. The van der Waals surface area contributed by atoms with Gasteiger partial charge in [-0.25, -0.2) is 4.79 Å².